The number of carbonyl (C=O) groups excluding carboxylic acids is 1. The molecule has 0 spiro atoms. The van der Waals surface area contributed by atoms with Gasteiger partial charge in [0.2, 0.25) is 11.2 Å². The molecular formula is C12H12ClN3OS. The van der Waals surface area contributed by atoms with Crippen molar-refractivity contribution in [1.29, 1.82) is 0 Å². The number of hydrogen-bond donors (Lipinski definition) is 1. The van der Waals surface area contributed by atoms with Crippen molar-refractivity contribution >= 4 is 34.7 Å². The Morgan fingerprint density at radius 3 is 3.06 bits per heavy atom. The Morgan fingerprint density at radius 1 is 1.44 bits per heavy atom. The predicted molar refractivity (Wildman–Crippen MR) is 72.9 cm³/mol. The van der Waals surface area contributed by atoms with Gasteiger partial charge in [-0.25, -0.2) is 9.97 Å². The van der Waals surface area contributed by atoms with Crippen LogP contribution in [0, 0.1) is 0 Å². The van der Waals surface area contributed by atoms with E-state index in [1.165, 1.54) is 11.1 Å². The van der Waals surface area contributed by atoms with Crippen molar-refractivity contribution in [1.82, 2.24) is 9.97 Å². The topological polar surface area (TPSA) is 54.9 Å². The standard InChI is InChI=1S/C12H12ClN3OS/c13-12-14-7-6-10(16-12)15-11(17)5-1-3-9-4-2-8-18-9/h2,4,6-8H,1,3,5H2,(H,14,15,16,17). The Hall–Kier alpha value is -1.46. The number of hydrogen-bond acceptors (Lipinski definition) is 4. The Labute approximate surface area is 114 Å². The number of nitrogens with zero attached hydrogens (tertiary/aromatic N) is 2. The quantitative estimate of drug-likeness (QED) is 0.857. The minimum absolute atomic E-state index is 0.0543. The second-order valence-corrected chi connectivity index (χ2v) is 5.06. The molecule has 0 aliphatic heterocycles. The number of amides is 1. The molecule has 2 aromatic rings. The third-order valence-corrected chi connectivity index (χ3v) is 3.42. The highest BCUT2D eigenvalue weighted by atomic mass is 35.5. The molecule has 2 aromatic heterocycles. The smallest absolute Gasteiger partial charge is 0.225 e. The molecule has 94 valence electrons. The lowest BCUT2D eigenvalue weighted by atomic mass is 10.2. The second-order valence-electron chi connectivity index (χ2n) is 3.69. The number of aryl methyl sites for hydroxylation is 1. The van der Waals surface area contributed by atoms with Crippen molar-refractivity contribution in [2.75, 3.05) is 5.32 Å². The van der Waals surface area contributed by atoms with Gasteiger partial charge in [-0.15, -0.1) is 11.3 Å². The Kier molecular flexibility index (Phi) is 4.66. The van der Waals surface area contributed by atoms with Crippen LogP contribution < -0.4 is 5.32 Å². The molecule has 1 N–H and O–H groups in total. The highest BCUT2D eigenvalue weighted by Gasteiger charge is 2.04. The summed E-state index contributed by atoms with van der Waals surface area (Å²) < 4.78 is 0. The van der Waals surface area contributed by atoms with Crippen LogP contribution in [0.1, 0.15) is 17.7 Å². The zero-order valence-electron chi connectivity index (χ0n) is 9.60. The lowest BCUT2D eigenvalue weighted by molar-refractivity contribution is -0.116. The van der Waals surface area contributed by atoms with Gasteiger partial charge >= 0.3 is 0 Å². The van der Waals surface area contributed by atoms with Crippen molar-refractivity contribution < 1.29 is 4.79 Å². The number of thiophene rings is 1. The van der Waals surface area contributed by atoms with Crippen LogP contribution in [0.15, 0.2) is 29.8 Å². The van der Waals surface area contributed by atoms with Gasteiger partial charge in [-0.1, -0.05) is 6.07 Å². The number of halogens is 1. The van der Waals surface area contributed by atoms with E-state index in [0.29, 0.717) is 12.2 Å². The normalized spacial score (nSPS) is 10.3. The van der Waals surface area contributed by atoms with Crippen LogP contribution in [0.25, 0.3) is 0 Å². The molecule has 0 radical (unpaired) electrons. The minimum atomic E-state index is -0.0543. The van der Waals surface area contributed by atoms with Gasteiger partial charge in [0.15, 0.2) is 0 Å². The van der Waals surface area contributed by atoms with Crippen molar-refractivity contribution in [3.05, 3.63) is 39.9 Å². The van der Waals surface area contributed by atoms with Crippen molar-refractivity contribution in [2.24, 2.45) is 0 Å². The van der Waals surface area contributed by atoms with Crippen LogP contribution >= 0.6 is 22.9 Å². The fraction of sp³-hybridized carbons (Fsp3) is 0.250. The van der Waals surface area contributed by atoms with Gasteiger partial charge in [0, 0.05) is 17.5 Å². The van der Waals surface area contributed by atoms with E-state index in [0.717, 1.165) is 12.8 Å². The van der Waals surface area contributed by atoms with Gasteiger partial charge in [0.05, 0.1) is 0 Å². The summed E-state index contributed by atoms with van der Waals surface area (Å²) in [5, 5.41) is 4.86. The average molecular weight is 282 g/mol. The molecule has 0 atom stereocenters. The molecule has 0 aliphatic rings. The molecule has 0 bridgehead atoms. The zero-order valence-corrected chi connectivity index (χ0v) is 11.2. The van der Waals surface area contributed by atoms with Crippen LogP contribution in [-0.4, -0.2) is 15.9 Å². The summed E-state index contributed by atoms with van der Waals surface area (Å²) in [5.41, 5.74) is 0. The average Bonchev–Trinajstić information content (AvgIpc) is 2.82. The molecule has 0 aromatic carbocycles. The van der Waals surface area contributed by atoms with Gasteiger partial charge in [0.1, 0.15) is 5.82 Å². The van der Waals surface area contributed by atoms with Gasteiger partial charge < -0.3 is 5.32 Å². The maximum absolute atomic E-state index is 11.6. The third kappa shape index (κ3) is 4.09. The van der Waals surface area contributed by atoms with Gasteiger partial charge in [-0.2, -0.15) is 0 Å². The first-order chi connectivity index (χ1) is 8.74. The second kappa shape index (κ2) is 6.47. The predicted octanol–water partition coefficient (Wildman–Crippen LogP) is 3.15. The Balaban J connectivity index is 1.75. The highest BCUT2D eigenvalue weighted by molar-refractivity contribution is 7.09. The molecule has 2 heterocycles. The summed E-state index contributed by atoms with van der Waals surface area (Å²) in [7, 11) is 0. The van der Waals surface area contributed by atoms with E-state index in [4.69, 9.17) is 11.6 Å². The van der Waals surface area contributed by atoms with E-state index in [1.54, 1.807) is 17.4 Å². The maximum Gasteiger partial charge on any atom is 0.225 e. The summed E-state index contributed by atoms with van der Waals surface area (Å²) in [6, 6.07) is 5.71. The first-order valence-electron chi connectivity index (χ1n) is 5.55. The van der Waals surface area contributed by atoms with Gasteiger partial charge in [-0.3, -0.25) is 4.79 Å². The Bertz CT molecular complexity index is 516. The minimum Gasteiger partial charge on any atom is -0.311 e. The van der Waals surface area contributed by atoms with Crippen LogP contribution in [0.2, 0.25) is 5.28 Å². The molecule has 1 amide bonds. The summed E-state index contributed by atoms with van der Waals surface area (Å²) in [6.07, 6.45) is 3.73. The largest absolute Gasteiger partial charge is 0.311 e. The van der Waals surface area contributed by atoms with Crippen molar-refractivity contribution in [3.8, 4) is 0 Å². The lowest BCUT2D eigenvalue weighted by Gasteiger charge is -2.03. The molecule has 0 aliphatic carbocycles. The third-order valence-electron chi connectivity index (χ3n) is 2.30. The number of nitrogens with one attached hydrogen (secondary N) is 1. The number of carbonyl (C=O) groups is 1. The van der Waals surface area contributed by atoms with Crippen molar-refractivity contribution in [2.45, 2.75) is 19.3 Å². The molecule has 0 fully saturated rings. The summed E-state index contributed by atoms with van der Waals surface area (Å²) in [6.45, 7) is 0. The Morgan fingerprint density at radius 2 is 2.33 bits per heavy atom. The first-order valence-corrected chi connectivity index (χ1v) is 6.80. The van der Waals surface area contributed by atoms with Crippen LogP contribution in [-0.2, 0) is 11.2 Å². The molecule has 18 heavy (non-hydrogen) atoms. The summed E-state index contributed by atoms with van der Waals surface area (Å²) in [4.78, 5) is 20.6. The number of anilines is 1. The monoisotopic (exact) mass is 281 g/mol. The number of rotatable bonds is 5. The van der Waals surface area contributed by atoms with Crippen LogP contribution in [0.5, 0.6) is 0 Å². The van der Waals surface area contributed by atoms with E-state index >= 15 is 0 Å². The molecule has 4 nitrogen and oxygen atoms in total. The maximum atomic E-state index is 11.6. The molecular weight excluding hydrogens is 270 g/mol. The van der Waals surface area contributed by atoms with Crippen molar-refractivity contribution in [3.63, 3.8) is 0 Å². The van der Waals surface area contributed by atoms with E-state index < -0.39 is 0 Å². The first kappa shape index (κ1) is 13.0. The fourth-order valence-electron chi connectivity index (χ4n) is 1.49. The number of aromatic nitrogens is 2. The highest BCUT2D eigenvalue weighted by Crippen LogP contribution is 2.12. The fourth-order valence-corrected chi connectivity index (χ4v) is 2.39. The summed E-state index contributed by atoms with van der Waals surface area (Å²) in [5.74, 6) is 0.387. The SMILES string of the molecule is O=C(CCCc1cccs1)Nc1ccnc(Cl)n1. The van der Waals surface area contributed by atoms with E-state index in [9.17, 15) is 4.79 Å². The lowest BCUT2D eigenvalue weighted by Crippen LogP contribution is -2.12. The summed E-state index contributed by atoms with van der Waals surface area (Å²) >= 11 is 7.34. The molecule has 2 rings (SSSR count). The zero-order chi connectivity index (χ0) is 12.8. The molecule has 6 heteroatoms. The van der Waals surface area contributed by atoms with Crippen LogP contribution in [0.4, 0.5) is 5.82 Å². The van der Waals surface area contributed by atoms with Gasteiger partial charge in [-0.05, 0) is 42.0 Å². The molecule has 0 unspecified atom stereocenters. The molecule has 0 saturated heterocycles. The van der Waals surface area contributed by atoms with E-state index in [2.05, 4.69) is 21.4 Å². The van der Waals surface area contributed by atoms with E-state index in [1.807, 2.05) is 11.4 Å². The van der Waals surface area contributed by atoms with Crippen LogP contribution in [0.3, 0.4) is 0 Å². The molecule has 0 saturated carbocycles. The van der Waals surface area contributed by atoms with E-state index in [-0.39, 0.29) is 11.2 Å². The van der Waals surface area contributed by atoms with Gasteiger partial charge in [0.25, 0.3) is 0 Å².